The average molecular weight is 291 g/mol. The molecule has 3 rings (SSSR count). The van der Waals surface area contributed by atoms with E-state index in [2.05, 4.69) is 15.4 Å². The molecule has 1 N–H and O–H groups in total. The molecule has 0 spiro atoms. The van der Waals surface area contributed by atoms with Gasteiger partial charge < -0.3 is 10.2 Å². The predicted molar refractivity (Wildman–Crippen MR) is 75.1 cm³/mol. The quantitative estimate of drug-likeness (QED) is 0.839. The Morgan fingerprint density at radius 1 is 1.24 bits per heavy atom. The van der Waals surface area contributed by atoms with Crippen molar-refractivity contribution >= 4 is 11.8 Å². The van der Waals surface area contributed by atoms with Crippen LogP contribution >= 0.6 is 0 Å². The van der Waals surface area contributed by atoms with Gasteiger partial charge in [-0.25, -0.2) is 4.98 Å². The van der Waals surface area contributed by atoms with Gasteiger partial charge in [0.05, 0.1) is 6.54 Å². The van der Waals surface area contributed by atoms with Crippen molar-refractivity contribution < 1.29 is 9.59 Å². The zero-order chi connectivity index (χ0) is 14.7. The van der Waals surface area contributed by atoms with Gasteiger partial charge in [-0.3, -0.25) is 14.3 Å². The number of piperidine rings is 1. The van der Waals surface area contributed by atoms with Crippen LogP contribution in [0.15, 0.2) is 12.7 Å². The Hall–Kier alpha value is -1.92. The third-order valence-electron chi connectivity index (χ3n) is 4.12. The topological polar surface area (TPSA) is 80.1 Å². The predicted octanol–water partition coefficient (Wildman–Crippen LogP) is 0.185. The minimum Gasteiger partial charge on any atom is -0.352 e. The highest BCUT2D eigenvalue weighted by Crippen LogP contribution is 2.33. The number of nitrogens with zero attached hydrogens (tertiary/aromatic N) is 4. The molecule has 21 heavy (non-hydrogen) atoms. The number of likely N-dealkylation sites (tertiary alicyclic amines) is 1. The molecule has 1 saturated heterocycles. The maximum Gasteiger partial charge on any atom is 0.242 e. The van der Waals surface area contributed by atoms with Crippen molar-refractivity contribution in [2.45, 2.75) is 44.7 Å². The summed E-state index contributed by atoms with van der Waals surface area (Å²) in [4.78, 5) is 30.2. The molecular weight excluding hydrogens is 270 g/mol. The SMILES string of the molecule is O=C(NCCn1cncn1)C1CCCCN1C(=O)C1CC1. The van der Waals surface area contributed by atoms with Crippen molar-refractivity contribution in [1.29, 1.82) is 0 Å². The van der Waals surface area contributed by atoms with E-state index in [1.807, 2.05) is 0 Å². The van der Waals surface area contributed by atoms with E-state index in [1.165, 1.54) is 6.33 Å². The molecule has 1 unspecified atom stereocenters. The third-order valence-corrected chi connectivity index (χ3v) is 4.12. The highest BCUT2D eigenvalue weighted by atomic mass is 16.2. The largest absolute Gasteiger partial charge is 0.352 e. The first-order valence-corrected chi connectivity index (χ1v) is 7.66. The van der Waals surface area contributed by atoms with Crippen molar-refractivity contribution in [3.63, 3.8) is 0 Å². The van der Waals surface area contributed by atoms with Crippen LogP contribution < -0.4 is 5.32 Å². The Labute approximate surface area is 123 Å². The lowest BCUT2D eigenvalue weighted by Gasteiger charge is -2.34. The van der Waals surface area contributed by atoms with Gasteiger partial charge in [-0.15, -0.1) is 0 Å². The van der Waals surface area contributed by atoms with Crippen molar-refractivity contribution in [2.75, 3.05) is 13.1 Å². The van der Waals surface area contributed by atoms with Gasteiger partial charge in [-0.1, -0.05) is 0 Å². The summed E-state index contributed by atoms with van der Waals surface area (Å²) in [6, 6.07) is -0.289. The summed E-state index contributed by atoms with van der Waals surface area (Å²) < 4.78 is 1.67. The Bertz CT molecular complexity index is 497. The fraction of sp³-hybridized carbons (Fsp3) is 0.714. The Morgan fingerprint density at radius 2 is 2.10 bits per heavy atom. The number of hydrogen-bond donors (Lipinski definition) is 1. The summed E-state index contributed by atoms with van der Waals surface area (Å²) in [6.07, 6.45) is 7.84. The van der Waals surface area contributed by atoms with Crippen molar-refractivity contribution in [1.82, 2.24) is 25.0 Å². The lowest BCUT2D eigenvalue weighted by molar-refractivity contribution is -0.143. The van der Waals surface area contributed by atoms with Crippen molar-refractivity contribution in [2.24, 2.45) is 5.92 Å². The molecule has 2 fully saturated rings. The van der Waals surface area contributed by atoms with E-state index in [0.29, 0.717) is 13.1 Å². The number of aromatic nitrogens is 3. The number of carbonyl (C=O) groups excluding carboxylic acids is 2. The number of nitrogens with one attached hydrogen (secondary N) is 1. The summed E-state index contributed by atoms with van der Waals surface area (Å²) in [5.74, 6) is 0.309. The van der Waals surface area contributed by atoms with Crippen LogP contribution in [-0.4, -0.2) is 50.6 Å². The standard InChI is InChI=1S/C14H21N5O2/c20-13(16-6-8-18-10-15-9-17-18)12-3-1-2-7-19(12)14(21)11-4-5-11/h9-12H,1-8H2,(H,16,20). The van der Waals surface area contributed by atoms with E-state index < -0.39 is 0 Å². The minimum absolute atomic E-state index is 0.0381. The Morgan fingerprint density at radius 3 is 2.81 bits per heavy atom. The molecule has 7 nitrogen and oxygen atoms in total. The zero-order valence-corrected chi connectivity index (χ0v) is 12.1. The van der Waals surface area contributed by atoms with Crippen LogP contribution in [-0.2, 0) is 16.1 Å². The third kappa shape index (κ3) is 3.40. The van der Waals surface area contributed by atoms with Crippen molar-refractivity contribution in [3.8, 4) is 0 Å². The molecule has 2 aliphatic rings. The zero-order valence-electron chi connectivity index (χ0n) is 12.1. The van der Waals surface area contributed by atoms with Crippen LogP contribution in [0.4, 0.5) is 0 Å². The van der Waals surface area contributed by atoms with E-state index in [9.17, 15) is 9.59 Å². The lowest BCUT2D eigenvalue weighted by atomic mass is 10.0. The van der Waals surface area contributed by atoms with E-state index >= 15 is 0 Å². The van der Waals surface area contributed by atoms with Gasteiger partial charge in [-0.2, -0.15) is 5.10 Å². The normalized spacial score (nSPS) is 22.1. The minimum atomic E-state index is -0.289. The second-order valence-corrected chi connectivity index (χ2v) is 5.77. The fourth-order valence-corrected chi connectivity index (χ4v) is 2.79. The summed E-state index contributed by atoms with van der Waals surface area (Å²) in [6.45, 7) is 1.82. The van der Waals surface area contributed by atoms with Gasteiger partial charge >= 0.3 is 0 Å². The molecule has 114 valence electrons. The fourth-order valence-electron chi connectivity index (χ4n) is 2.79. The van der Waals surface area contributed by atoms with Crippen molar-refractivity contribution in [3.05, 3.63) is 12.7 Å². The first kappa shape index (κ1) is 14.0. The van der Waals surface area contributed by atoms with E-state index in [-0.39, 0.29) is 23.8 Å². The molecule has 2 heterocycles. The van der Waals surface area contributed by atoms with Gasteiger partial charge in [0.25, 0.3) is 0 Å². The van der Waals surface area contributed by atoms with Crippen LogP contribution in [0.25, 0.3) is 0 Å². The molecule has 0 radical (unpaired) electrons. The maximum absolute atomic E-state index is 12.3. The smallest absolute Gasteiger partial charge is 0.242 e. The molecule has 7 heteroatoms. The van der Waals surface area contributed by atoms with Gasteiger partial charge in [0, 0.05) is 19.0 Å². The van der Waals surface area contributed by atoms with Gasteiger partial charge in [0.1, 0.15) is 18.7 Å². The lowest BCUT2D eigenvalue weighted by Crippen LogP contribution is -2.52. The number of carbonyl (C=O) groups is 2. The summed E-state index contributed by atoms with van der Waals surface area (Å²) in [7, 11) is 0. The highest BCUT2D eigenvalue weighted by Gasteiger charge is 2.39. The molecular formula is C14H21N5O2. The van der Waals surface area contributed by atoms with Crippen LogP contribution in [0, 0.1) is 5.92 Å². The van der Waals surface area contributed by atoms with Crippen LogP contribution in [0.5, 0.6) is 0 Å². The first-order chi connectivity index (χ1) is 10.3. The van der Waals surface area contributed by atoms with Crippen LogP contribution in [0.3, 0.4) is 0 Å². The molecule has 1 aliphatic heterocycles. The second kappa shape index (κ2) is 6.24. The Kier molecular flexibility index (Phi) is 4.17. The molecule has 1 aliphatic carbocycles. The second-order valence-electron chi connectivity index (χ2n) is 5.77. The summed E-state index contributed by atoms with van der Waals surface area (Å²) >= 11 is 0. The van der Waals surface area contributed by atoms with E-state index in [4.69, 9.17) is 0 Å². The molecule has 0 bridgehead atoms. The van der Waals surface area contributed by atoms with E-state index in [0.717, 1.165) is 38.6 Å². The van der Waals surface area contributed by atoms with E-state index in [1.54, 1.807) is 15.9 Å². The summed E-state index contributed by atoms with van der Waals surface area (Å²) in [5, 5.41) is 6.90. The van der Waals surface area contributed by atoms with Gasteiger partial charge in [0.15, 0.2) is 0 Å². The molecule has 2 amide bonds. The molecule has 1 aromatic rings. The maximum atomic E-state index is 12.3. The molecule has 1 aromatic heterocycles. The average Bonchev–Trinajstić information content (AvgIpc) is 3.24. The highest BCUT2D eigenvalue weighted by molar-refractivity contribution is 5.89. The number of hydrogen-bond acceptors (Lipinski definition) is 4. The first-order valence-electron chi connectivity index (χ1n) is 7.66. The number of rotatable bonds is 5. The molecule has 1 saturated carbocycles. The molecule has 0 aromatic carbocycles. The van der Waals surface area contributed by atoms with Crippen LogP contribution in [0.1, 0.15) is 32.1 Å². The Balaban J connectivity index is 1.52. The summed E-state index contributed by atoms with van der Waals surface area (Å²) in [5.41, 5.74) is 0. The monoisotopic (exact) mass is 291 g/mol. The van der Waals surface area contributed by atoms with Gasteiger partial charge in [-0.05, 0) is 32.1 Å². The van der Waals surface area contributed by atoms with Gasteiger partial charge in [0.2, 0.25) is 11.8 Å². The van der Waals surface area contributed by atoms with Crippen LogP contribution in [0.2, 0.25) is 0 Å². The number of amides is 2. The molecule has 1 atom stereocenters.